The summed E-state index contributed by atoms with van der Waals surface area (Å²) >= 11 is 0. The standard InChI is InChI=1S/C26H28N6O12P2/c27-26-30-23-20(24(36)31-26)28-12-32(23)25-22(35)21(34)17(43-25)11-42-46(39,40)44-45(37,38)41-10-9-18(33)29-19-15-7-3-1-5-13(15)14-6-2-4-8-16(14)19/h1-8,12,17,19,21-22,25,34-35H,9-11H2,(H,29,33)(H,37,38)(H,39,40)(H3,27,30,31,36)/t17-,21-,22-,25-/m1/s1. The van der Waals surface area contributed by atoms with Crippen LogP contribution in [0.25, 0.3) is 22.3 Å². The lowest BCUT2D eigenvalue weighted by molar-refractivity contribution is -0.122. The molecule has 1 amide bonds. The van der Waals surface area contributed by atoms with E-state index < -0.39 is 70.9 Å². The maximum absolute atomic E-state index is 12.7. The van der Waals surface area contributed by atoms with Crippen molar-refractivity contribution in [3.05, 3.63) is 76.3 Å². The number of ether oxygens (including phenoxy) is 1. The first kappa shape index (κ1) is 32.2. The summed E-state index contributed by atoms with van der Waals surface area (Å²) in [4.78, 5) is 54.9. The number of H-pyrrole nitrogens is 1. The molecule has 2 aromatic heterocycles. The average molecular weight is 678 g/mol. The van der Waals surface area contributed by atoms with E-state index in [9.17, 15) is 38.7 Å². The zero-order chi connectivity index (χ0) is 32.8. The summed E-state index contributed by atoms with van der Waals surface area (Å²) < 4.78 is 45.2. The Morgan fingerprint density at radius 3 is 2.33 bits per heavy atom. The third-order valence-corrected chi connectivity index (χ3v) is 10.0. The van der Waals surface area contributed by atoms with Crippen LogP contribution in [0.5, 0.6) is 0 Å². The molecule has 0 bridgehead atoms. The zero-order valence-electron chi connectivity index (χ0n) is 23.6. The molecular weight excluding hydrogens is 650 g/mol. The Kier molecular flexibility index (Phi) is 8.69. The molecule has 20 heteroatoms. The molecule has 0 saturated carbocycles. The lowest BCUT2D eigenvalue weighted by Gasteiger charge is -2.19. The van der Waals surface area contributed by atoms with Crippen molar-refractivity contribution in [3.63, 3.8) is 0 Å². The molecule has 6 rings (SSSR count). The number of benzene rings is 2. The van der Waals surface area contributed by atoms with Gasteiger partial charge in [0.25, 0.3) is 5.56 Å². The molecular formula is C26H28N6O12P2. The first-order valence-electron chi connectivity index (χ1n) is 13.7. The van der Waals surface area contributed by atoms with Gasteiger partial charge in [-0.15, -0.1) is 0 Å². The predicted octanol–water partition coefficient (Wildman–Crippen LogP) is 0.848. The normalized spacial score (nSPS) is 23.5. The van der Waals surface area contributed by atoms with E-state index in [4.69, 9.17) is 19.5 Å². The van der Waals surface area contributed by atoms with E-state index in [1.165, 1.54) is 0 Å². The number of nitrogen functional groups attached to an aromatic ring is 1. The van der Waals surface area contributed by atoms with Crippen LogP contribution < -0.4 is 16.6 Å². The van der Waals surface area contributed by atoms with Gasteiger partial charge in [-0.2, -0.15) is 9.29 Å². The highest BCUT2D eigenvalue weighted by Crippen LogP contribution is 2.60. The number of hydrogen-bond donors (Lipinski definition) is 7. The van der Waals surface area contributed by atoms with Crippen molar-refractivity contribution >= 4 is 38.7 Å². The summed E-state index contributed by atoms with van der Waals surface area (Å²) in [5, 5.41) is 23.8. The number of aromatic nitrogens is 4. The number of nitrogens with two attached hydrogens (primary N) is 1. The molecule has 244 valence electrons. The number of aliphatic hydroxyl groups is 2. The van der Waals surface area contributed by atoms with Gasteiger partial charge in [-0.1, -0.05) is 48.5 Å². The van der Waals surface area contributed by atoms with Gasteiger partial charge in [-0.25, -0.2) is 14.1 Å². The Morgan fingerprint density at radius 1 is 1.02 bits per heavy atom. The van der Waals surface area contributed by atoms with Crippen LogP contribution in [0.4, 0.5) is 5.95 Å². The fourth-order valence-electron chi connectivity index (χ4n) is 5.37. The maximum atomic E-state index is 12.7. The first-order valence-corrected chi connectivity index (χ1v) is 16.7. The van der Waals surface area contributed by atoms with Gasteiger partial charge < -0.3 is 35.8 Å². The van der Waals surface area contributed by atoms with E-state index in [2.05, 4.69) is 24.6 Å². The highest BCUT2D eigenvalue weighted by molar-refractivity contribution is 7.61. The number of aromatic amines is 1. The van der Waals surface area contributed by atoms with Crippen LogP contribution in [0.1, 0.15) is 29.8 Å². The molecule has 1 fully saturated rings. The molecule has 0 radical (unpaired) electrons. The van der Waals surface area contributed by atoms with Crippen molar-refractivity contribution in [2.24, 2.45) is 0 Å². The molecule has 8 N–H and O–H groups in total. The first-order chi connectivity index (χ1) is 21.8. The van der Waals surface area contributed by atoms with E-state index in [1.807, 2.05) is 48.5 Å². The van der Waals surface area contributed by atoms with Gasteiger partial charge in [-0.05, 0) is 22.3 Å². The number of fused-ring (bicyclic) bond motifs is 4. The number of carbonyl (C=O) groups excluding carboxylic acids is 1. The van der Waals surface area contributed by atoms with Crippen LogP contribution >= 0.6 is 15.6 Å². The van der Waals surface area contributed by atoms with E-state index in [-0.39, 0.29) is 23.5 Å². The number of hydrogen-bond acceptors (Lipinski definition) is 13. The second-order valence-electron chi connectivity index (χ2n) is 10.4. The number of amides is 1. The molecule has 2 aromatic carbocycles. The van der Waals surface area contributed by atoms with Gasteiger partial charge >= 0.3 is 15.6 Å². The maximum Gasteiger partial charge on any atom is 0.481 e. The summed E-state index contributed by atoms with van der Waals surface area (Å²) in [6.45, 7) is -1.54. The molecule has 1 aliphatic heterocycles. The van der Waals surface area contributed by atoms with Gasteiger partial charge in [0, 0.05) is 0 Å². The van der Waals surface area contributed by atoms with Crippen molar-refractivity contribution < 1.29 is 52.0 Å². The average Bonchev–Trinajstić information content (AvgIpc) is 3.64. The molecule has 18 nitrogen and oxygen atoms in total. The molecule has 6 atom stereocenters. The molecule has 2 aliphatic rings. The number of phosphoric ester groups is 2. The highest BCUT2D eigenvalue weighted by Gasteiger charge is 2.46. The van der Waals surface area contributed by atoms with E-state index >= 15 is 0 Å². The Bertz CT molecular complexity index is 1910. The molecule has 1 saturated heterocycles. The fourth-order valence-corrected chi connectivity index (χ4v) is 7.45. The highest BCUT2D eigenvalue weighted by atomic mass is 31.3. The summed E-state index contributed by atoms with van der Waals surface area (Å²) in [6.07, 6.45) is -5.42. The molecule has 4 aromatic rings. The van der Waals surface area contributed by atoms with Crippen LogP contribution in [0.2, 0.25) is 0 Å². The van der Waals surface area contributed by atoms with E-state index in [0.717, 1.165) is 33.1 Å². The third kappa shape index (κ3) is 6.41. The Hall–Kier alpha value is -3.80. The van der Waals surface area contributed by atoms with Crippen molar-refractivity contribution in [1.29, 1.82) is 0 Å². The summed E-state index contributed by atoms with van der Waals surface area (Å²) in [5.41, 5.74) is 8.44. The number of aliphatic hydroxyl groups excluding tert-OH is 2. The molecule has 2 unspecified atom stereocenters. The van der Waals surface area contributed by atoms with Gasteiger partial charge in [0.05, 0.1) is 32.0 Å². The van der Waals surface area contributed by atoms with Crippen LogP contribution in [0, 0.1) is 0 Å². The SMILES string of the molecule is Nc1nc2c(ncn2[C@@H]2O[C@H](COP(=O)(O)OP(=O)(O)OCCC(=O)NC3c4ccccc4-c4ccccc43)[C@@H](O)[C@H]2O)c(=O)[nH]1. The van der Waals surface area contributed by atoms with E-state index in [1.54, 1.807) is 0 Å². The lowest BCUT2D eigenvalue weighted by Crippen LogP contribution is -2.33. The number of rotatable bonds is 11. The molecule has 3 heterocycles. The van der Waals surface area contributed by atoms with Crippen molar-refractivity contribution in [3.8, 4) is 11.1 Å². The summed E-state index contributed by atoms with van der Waals surface area (Å²) in [6, 6.07) is 14.7. The monoisotopic (exact) mass is 678 g/mol. The van der Waals surface area contributed by atoms with E-state index in [0.29, 0.717) is 0 Å². The van der Waals surface area contributed by atoms with Gasteiger partial charge in [-0.3, -0.25) is 28.2 Å². The quantitative estimate of drug-likeness (QED) is 0.108. The minimum Gasteiger partial charge on any atom is -0.387 e. The van der Waals surface area contributed by atoms with Crippen LogP contribution in [-0.4, -0.2) is 77.0 Å². The summed E-state index contributed by atoms with van der Waals surface area (Å²) in [7, 11) is -10.5. The third-order valence-electron chi connectivity index (χ3n) is 7.39. The van der Waals surface area contributed by atoms with Gasteiger partial charge in [0.2, 0.25) is 11.9 Å². The van der Waals surface area contributed by atoms with Crippen LogP contribution in [-0.2, 0) is 32.0 Å². The number of phosphoric acid groups is 2. The number of carbonyl (C=O) groups is 1. The van der Waals surface area contributed by atoms with Crippen LogP contribution in [0.3, 0.4) is 0 Å². The largest absolute Gasteiger partial charge is 0.481 e. The Labute approximate surface area is 259 Å². The molecule has 46 heavy (non-hydrogen) atoms. The lowest BCUT2D eigenvalue weighted by atomic mass is 10.1. The topological polar surface area (TPSA) is 271 Å². The molecule has 0 spiro atoms. The predicted molar refractivity (Wildman–Crippen MR) is 158 cm³/mol. The Balaban J connectivity index is 1.01. The number of nitrogens with one attached hydrogen (secondary N) is 2. The minimum absolute atomic E-state index is 0.0693. The second kappa shape index (κ2) is 12.4. The second-order valence-corrected chi connectivity index (χ2v) is 13.4. The zero-order valence-corrected chi connectivity index (χ0v) is 25.4. The number of nitrogens with zero attached hydrogens (tertiary/aromatic N) is 3. The fraction of sp³-hybridized carbons (Fsp3) is 0.308. The van der Waals surface area contributed by atoms with Crippen LogP contribution in [0.15, 0.2) is 59.7 Å². The number of anilines is 1. The molecule has 1 aliphatic carbocycles. The van der Waals surface area contributed by atoms with Crippen molar-refractivity contribution in [1.82, 2.24) is 24.8 Å². The van der Waals surface area contributed by atoms with Gasteiger partial charge in [0.1, 0.15) is 18.3 Å². The van der Waals surface area contributed by atoms with Gasteiger partial charge in [0.15, 0.2) is 17.4 Å². The smallest absolute Gasteiger partial charge is 0.387 e. The minimum atomic E-state index is -5.31. The van der Waals surface area contributed by atoms with Crippen molar-refractivity contribution in [2.45, 2.75) is 37.0 Å². The summed E-state index contributed by atoms with van der Waals surface area (Å²) in [5.74, 6) is -0.763. The number of imidazole rings is 1. The Morgan fingerprint density at radius 2 is 1.65 bits per heavy atom. The van der Waals surface area contributed by atoms with Crippen molar-refractivity contribution in [2.75, 3.05) is 18.9 Å².